The van der Waals surface area contributed by atoms with Gasteiger partial charge < -0.3 is 10.2 Å². The van der Waals surface area contributed by atoms with Gasteiger partial charge in [-0.05, 0) is 45.8 Å². The Morgan fingerprint density at radius 1 is 1.53 bits per heavy atom. The molecule has 0 bridgehead atoms. The highest BCUT2D eigenvalue weighted by atomic mass is 16.6. The Bertz CT molecular complexity index is 484. The van der Waals surface area contributed by atoms with E-state index in [9.17, 15) is 10.1 Å². The quantitative estimate of drug-likeness (QED) is 0.652. The summed E-state index contributed by atoms with van der Waals surface area (Å²) in [7, 11) is 4.11. The van der Waals surface area contributed by atoms with Gasteiger partial charge in [-0.2, -0.15) is 0 Å². The molecule has 1 fully saturated rings. The molecule has 6 heteroatoms. The van der Waals surface area contributed by atoms with Crippen molar-refractivity contribution >= 4 is 11.5 Å². The van der Waals surface area contributed by atoms with Gasteiger partial charge in [0.25, 0.3) is 0 Å². The molecule has 19 heavy (non-hydrogen) atoms. The van der Waals surface area contributed by atoms with Gasteiger partial charge in [0.2, 0.25) is 5.82 Å². The molecule has 1 saturated carbocycles. The zero-order valence-corrected chi connectivity index (χ0v) is 11.6. The van der Waals surface area contributed by atoms with Gasteiger partial charge in [-0.1, -0.05) is 0 Å². The zero-order chi connectivity index (χ0) is 14.0. The van der Waals surface area contributed by atoms with E-state index in [-0.39, 0.29) is 16.1 Å². The molecule has 1 aliphatic carbocycles. The number of rotatable bonds is 5. The number of pyridine rings is 1. The van der Waals surface area contributed by atoms with E-state index in [0.29, 0.717) is 12.4 Å². The molecule has 104 valence electrons. The van der Waals surface area contributed by atoms with Crippen LogP contribution in [0.1, 0.15) is 24.8 Å². The molecule has 2 rings (SSSR count). The summed E-state index contributed by atoms with van der Waals surface area (Å²) in [6, 6.07) is 1.55. The minimum atomic E-state index is -0.383. The molecule has 1 aromatic rings. The van der Waals surface area contributed by atoms with Crippen molar-refractivity contribution in [2.75, 3.05) is 26.0 Å². The Morgan fingerprint density at radius 2 is 2.21 bits per heavy atom. The van der Waals surface area contributed by atoms with E-state index < -0.39 is 0 Å². The zero-order valence-electron chi connectivity index (χ0n) is 11.6. The van der Waals surface area contributed by atoms with Crippen LogP contribution in [0, 0.1) is 17.0 Å². The lowest BCUT2D eigenvalue weighted by atomic mass is 9.75. The van der Waals surface area contributed by atoms with Crippen LogP contribution in [0.15, 0.2) is 12.3 Å². The van der Waals surface area contributed by atoms with Crippen LogP contribution in [-0.4, -0.2) is 41.0 Å². The van der Waals surface area contributed by atoms with E-state index >= 15 is 0 Å². The largest absolute Gasteiger partial charge is 0.362 e. The summed E-state index contributed by atoms with van der Waals surface area (Å²) in [6.45, 7) is 2.49. The van der Waals surface area contributed by atoms with Crippen molar-refractivity contribution in [3.05, 3.63) is 27.9 Å². The summed E-state index contributed by atoms with van der Waals surface area (Å²) in [5.41, 5.74) is 0.955. The number of nitro groups is 1. The average molecular weight is 264 g/mol. The first kappa shape index (κ1) is 13.7. The number of hydrogen-bond donors (Lipinski definition) is 1. The number of aryl methyl sites for hydroxylation is 1. The van der Waals surface area contributed by atoms with Crippen LogP contribution < -0.4 is 5.32 Å². The van der Waals surface area contributed by atoms with E-state index in [1.54, 1.807) is 19.2 Å². The second-order valence-electron chi connectivity index (χ2n) is 5.46. The van der Waals surface area contributed by atoms with Crippen LogP contribution >= 0.6 is 0 Å². The summed E-state index contributed by atoms with van der Waals surface area (Å²) in [5, 5.41) is 14.2. The third-order valence-electron chi connectivity index (χ3n) is 4.02. The highest BCUT2D eigenvalue weighted by Gasteiger charge is 2.39. The Morgan fingerprint density at radius 3 is 2.68 bits per heavy atom. The van der Waals surface area contributed by atoms with Gasteiger partial charge in [-0.3, -0.25) is 10.1 Å². The van der Waals surface area contributed by atoms with Crippen molar-refractivity contribution in [2.45, 2.75) is 31.7 Å². The first-order valence-electron chi connectivity index (χ1n) is 6.47. The number of likely N-dealkylation sites (N-methyl/N-ethyl adjacent to an activating group) is 1. The molecule has 0 aromatic carbocycles. The standard InChI is InChI=1S/C13H20N4O2/c1-10-7-11(17(18)19)12(14-8-10)15-9-13(16(2)3)5-4-6-13/h7-8H,4-6,9H2,1-3H3,(H,14,15). The van der Waals surface area contributed by atoms with Crippen molar-refractivity contribution in [3.8, 4) is 0 Å². The Balaban J connectivity index is 2.13. The predicted molar refractivity (Wildman–Crippen MR) is 74.4 cm³/mol. The summed E-state index contributed by atoms with van der Waals surface area (Å²) >= 11 is 0. The van der Waals surface area contributed by atoms with Gasteiger partial charge in [-0.25, -0.2) is 4.98 Å². The molecular weight excluding hydrogens is 244 g/mol. The Hall–Kier alpha value is -1.69. The molecule has 0 atom stereocenters. The van der Waals surface area contributed by atoms with Crippen LogP contribution in [0.25, 0.3) is 0 Å². The first-order chi connectivity index (χ1) is 8.94. The van der Waals surface area contributed by atoms with Gasteiger partial charge in [0, 0.05) is 24.3 Å². The number of nitrogens with zero attached hydrogens (tertiary/aromatic N) is 3. The summed E-state index contributed by atoms with van der Waals surface area (Å²) in [5.74, 6) is 0.365. The van der Waals surface area contributed by atoms with E-state index in [4.69, 9.17) is 0 Å². The second kappa shape index (κ2) is 5.13. The van der Waals surface area contributed by atoms with E-state index in [0.717, 1.165) is 18.4 Å². The maximum Gasteiger partial charge on any atom is 0.311 e. The molecule has 6 nitrogen and oxygen atoms in total. The van der Waals surface area contributed by atoms with Crippen LogP contribution in [0.5, 0.6) is 0 Å². The van der Waals surface area contributed by atoms with Crippen molar-refractivity contribution in [1.29, 1.82) is 0 Å². The fourth-order valence-electron chi connectivity index (χ4n) is 2.44. The van der Waals surface area contributed by atoms with E-state index in [2.05, 4.69) is 29.3 Å². The fourth-order valence-corrected chi connectivity index (χ4v) is 2.44. The van der Waals surface area contributed by atoms with Crippen molar-refractivity contribution in [2.24, 2.45) is 0 Å². The molecule has 0 unspecified atom stereocenters. The molecule has 0 saturated heterocycles. The topological polar surface area (TPSA) is 71.3 Å². The maximum absolute atomic E-state index is 11.0. The lowest BCUT2D eigenvalue weighted by Crippen LogP contribution is -2.54. The lowest BCUT2D eigenvalue weighted by Gasteiger charge is -2.47. The number of hydrogen-bond acceptors (Lipinski definition) is 5. The van der Waals surface area contributed by atoms with Crippen molar-refractivity contribution < 1.29 is 4.92 Å². The second-order valence-corrected chi connectivity index (χ2v) is 5.46. The number of anilines is 1. The molecule has 1 aromatic heterocycles. The molecule has 1 aliphatic rings. The predicted octanol–water partition coefficient (Wildman–Crippen LogP) is 2.19. The maximum atomic E-state index is 11.0. The molecule has 0 amide bonds. The lowest BCUT2D eigenvalue weighted by molar-refractivity contribution is -0.384. The van der Waals surface area contributed by atoms with E-state index in [1.807, 2.05) is 0 Å². The van der Waals surface area contributed by atoms with Crippen LogP contribution in [0.4, 0.5) is 11.5 Å². The Labute approximate surface area is 113 Å². The third kappa shape index (κ3) is 2.68. The molecule has 0 radical (unpaired) electrons. The van der Waals surface area contributed by atoms with E-state index in [1.165, 1.54) is 6.42 Å². The highest BCUT2D eigenvalue weighted by Crippen LogP contribution is 2.36. The van der Waals surface area contributed by atoms with Crippen LogP contribution in [0.2, 0.25) is 0 Å². The summed E-state index contributed by atoms with van der Waals surface area (Å²) < 4.78 is 0. The van der Waals surface area contributed by atoms with Gasteiger partial charge >= 0.3 is 5.69 Å². The number of aromatic nitrogens is 1. The van der Waals surface area contributed by atoms with Crippen LogP contribution in [0.3, 0.4) is 0 Å². The van der Waals surface area contributed by atoms with Crippen molar-refractivity contribution in [3.63, 3.8) is 0 Å². The minimum Gasteiger partial charge on any atom is -0.362 e. The van der Waals surface area contributed by atoms with Gasteiger partial charge in [0.15, 0.2) is 0 Å². The minimum absolute atomic E-state index is 0.0493. The monoisotopic (exact) mass is 264 g/mol. The summed E-state index contributed by atoms with van der Waals surface area (Å²) in [6.07, 6.45) is 5.10. The summed E-state index contributed by atoms with van der Waals surface area (Å²) in [4.78, 5) is 17.0. The third-order valence-corrected chi connectivity index (χ3v) is 4.02. The average Bonchev–Trinajstić information content (AvgIpc) is 2.28. The molecule has 1 heterocycles. The first-order valence-corrected chi connectivity index (χ1v) is 6.47. The van der Waals surface area contributed by atoms with Crippen molar-refractivity contribution in [1.82, 2.24) is 9.88 Å². The molecule has 0 spiro atoms. The fraction of sp³-hybridized carbons (Fsp3) is 0.615. The highest BCUT2D eigenvalue weighted by molar-refractivity contribution is 5.56. The Kier molecular flexibility index (Phi) is 3.71. The molecule has 1 N–H and O–H groups in total. The van der Waals surface area contributed by atoms with Gasteiger partial charge in [-0.15, -0.1) is 0 Å². The molecular formula is C13H20N4O2. The normalized spacial score (nSPS) is 17.1. The smallest absolute Gasteiger partial charge is 0.311 e. The van der Waals surface area contributed by atoms with Gasteiger partial charge in [0.05, 0.1) is 4.92 Å². The SMILES string of the molecule is Cc1cnc(NCC2(N(C)C)CCC2)c([N+](=O)[O-])c1. The molecule has 0 aliphatic heterocycles. The number of nitrogens with one attached hydrogen (secondary N) is 1. The van der Waals surface area contributed by atoms with Crippen LogP contribution in [-0.2, 0) is 0 Å². The van der Waals surface area contributed by atoms with Gasteiger partial charge in [0.1, 0.15) is 0 Å².